The van der Waals surface area contributed by atoms with Gasteiger partial charge in [0.1, 0.15) is 23.9 Å². The quantitative estimate of drug-likeness (QED) is 0.0792. The van der Waals surface area contributed by atoms with Crippen molar-refractivity contribution in [2.45, 2.75) is 6.61 Å². The van der Waals surface area contributed by atoms with Gasteiger partial charge in [0.15, 0.2) is 0 Å². The van der Waals surface area contributed by atoms with Gasteiger partial charge in [0.25, 0.3) is 5.91 Å². The van der Waals surface area contributed by atoms with E-state index in [9.17, 15) is 19.2 Å². The van der Waals surface area contributed by atoms with Crippen LogP contribution < -0.4 is 19.1 Å². The number of carbonyl (C=O) groups excluding carboxylic acids is 4. The zero-order valence-corrected chi connectivity index (χ0v) is 29.9. The van der Waals surface area contributed by atoms with Crippen molar-refractivity contribution in [3.05, 3.63) is 173 Å². The van der Waals surface area contributed by atoms with Gasteiger partial charge in [0, 0.05) is 29.5 Å². The smallest absolute Gasteiger partial charge is 0.429 e. The van der Waals surface area contributed by atoms with Crippen LogP contribution in [0.5, 0.6) is 17.2 Å². The van der Waals surface area contributed by atoms with E-state index in [4.69, 9.17) is 42.1 Å². The summed E-state index contributed by atoms with van der Waals surface area (Å²) in [6.45, 7) is -0.382. The summed E-state index contributed by atoms with van der Waals surface area (Å²) in [5, 5.41) is 0.286. The summed E-state index contributed by atoms with van der Waals surface area (Å²) in [6.07, 6.45) is 2.17. The summed E-state index contributed by atoms with van der Waals surface area (Å²) >= 11 is 12.9. The number of imidazole rings is 1. The second-order valence-corrected chi connectivity index (χ2v) is 12.3. The highest BCUT2D eigenvalue weighted by molar-refractivity contribution is 6.42. The van der Waals surface area contributed by atoms with E-state index in [2.05, 4.69) is 9.97 Å². The van der Waals surface area contributed by atoms with Crippen LogP contribution in [0.1, 0.15) is 26.5 Å². The number of imide groups is 1. The average Bonchev–Trinajstić information content (AvgIpc) is 3.68. The molecule has 0 saturated carbocycles. The molecule has 5 aromatic carbocycles. The van der Waals surface area contributed by atoms with Crippen molar-refractivity contribution in [3.63, 3.8) is 0 Å². The number of hydrogen-bond acceptors (Lipinski definition) is 10. The molecule has 2 amide bonds. The van der Waals surface area contributed by atoms with Gasteiger partial charge in [-0.1, -0.05) is 96.0 Å². The van der Waals surface area contributed by atoms with E-state index >= 15 is 0 Å². The van der Waals surface area contributed by atoms with Gasteiger partial charge in [-0.2, -0.15) is 0 Å². The molecule has 0 bridgehead atoms. The molecule has 0 spiro atoms. The van der Waals surface area contributed by atoms with E-state index < -0.39 is 24.1 Å². The number of benzene rings is 5. The van der Waals surface area contributed by atoms with Crippen LogP contribution in [0.15, 0.2) is 146 Å². The highest BCUT2D eigenvalue weighted by atomic mass is 35.5. The molecule has 0 N–H and O–H groups in total. The summed E-state index contributed by atoms with van der Waals surface area (Å²) in [5.74, 6) is -1.15. The van der Waals surface area contributed by atoms with Gasteiger partial charge in [0.2, 0.25) is 5.82 Å². The third-order valence-corrected chi connectivity index (χ3v) is 8.61. The Labute approximate surface area is 323 Å². The molecular formula is C41H26Cl2N4O8. The maximum Gasteiger partial charge on any atom is 0.514 e. The Morgan fingerprint density at radius 1 is 0.655 bits per heavy atom. The van der Waals surface area contributed by atoms with Crippen LogP contribution in [0.3, 0.4) is 0 Å². The number of ether oxygens (including phenoxy) is 4. The Bertz CT molecular complexity index is 2510. The van der Waals surface area contributed by atoms with E-state index in [1.54, 1.807) is 109 Å². The maximum absolute atomic E-state index is 14.4. The van der Waals surface area contributed by atoms with Crippen molar-refractivity contribution in [2.24, 2.45) is 0 Å². The molecular weight excluding hydrogens is 747 g/mol. The second-order valence-electron chi connectivity index (χ2n) is 11.5. The van der Waals surface area contributed by atoms with Gasteiger partial charge in [-0.3, -0.25) is 14.3 Å². The summed E-state index contributed by atoms with van der Waals surface area (Å²) < 4.78 is 23.5. The Hall–Kier alpha value is -7.02. The number of para-hydroxylation sites is 4. The SMILES string of the molecule is O=C(OCc1cnc2c(N(C(=O)Oc3ccccc3)C(=O)c3c(Cl)cccc3Cl)cccc2c1-n1ccnc1C(=O)Oc1ccccc1)Oc1ccccc1. The molecule has 0 saturated heterocycles. The van der Waals surface area contributed by atoms with E-state index in [-0.39, 0.29) is 62.2 Å². The first-order valence-electron chi connectivity index (χ1n) is 16.4. The first-order valence-corrected chi connectivity index (χ1v) is 17.2. The van der Waals surface area contributed by atoms with Crippen LogP contribution in [0.2, 0.25) is 10.0 Å². The molecule has 7 rings (SSSR count). The first kappa shape index (κ1) is 36.3. The van der Waals surface area contributed by atoms with Gasteiger partial charge >= 0.3 is 18.2 Å². The molecule has 0 fully saturated rings. The number of halogens is 2. The third-order valence-electron chi connectivity index (χ3n) is 7.98. The fourth-order valence-corrected chi connectivity index (χ4v) is 6.13. The number of pyridine rings is 1. The molecule has 2 aromatic heterocycles. The van der Waals surface area contributed by atoms with Gasteiger partial charge < -0.3 is 18.9 Å². The summed E-state index contributed by atoms with van der Waals surface area (Å²) in [5.41, 5.74) is 0.475. The number of amides is 2. The number of esters is 1. The zero-order chi connectivity index (χ0) is 38.3. The van der Waals surface area contributed by atoms with Crippen LogP contribution in [0.25, 0.3) is 16.6 Å². The lowest BCUT2D eigenvalue weighted by Gasteiger charge is -2.23. The van der Waals surface area contributed by atoms with Gasteiger partial charge in [0.05, 0.1) is 32.5 Å². The van der Waals surface area contributed by atoms with E-state index in [0.717, 1.165) is 4.90 Å². The normalized spacial score (nSPS) is 10.7. The van der Waals surface area contributed by atoms with Crippen molar-refractivity contribution in [1.29, 1.82) is 0 Å². The van der Waals surface area contributed by atoms with Crippen molar-refractivity contribution in [3.8, 4) is 22.9 Å². The Morgan fingerprint density at radius 2 is 1.24 bits per heavy atom. The van der Waals surface area contributed by atoms with Crippen LogP contribution in [0.4, 0.5) is 15.3 Å². The van der Waals surface area contributed by atoms with Crippen molar-refractivity contribution in [1.82, 2.24) is 14.5 Å². The standard InChI is InChI=1S/C41H26Cl2N4O8/c42-31-19-11-20-32(43)34(31)38(48)47(40(50)54-28-14-6-2-7-15-28)33-21-10-18-30-35(33)45-24-26(25-52-41(51)55-29-16-8-3-9-17-29)36(30)46-23-22-44-37(46)39(49)53-27-12-4-1-5-13-27/h1-24H,25H2. The molecule has 0 aliphatic heterocycles. The molecule has 0 unspecified atom stereocenters. The van der Waals surface area contributed by atoms with Crippen LogP contribution in [-0.2, 0) is 11.3 Å². The number of rotatable bonds is 9. The highest BCUT2D eigenvalue weighted by Crippen LogP contribution is 2.36. The van der Waals surface area contributed by atoms with E-state index in [0.29, 0.717) is 10.9 Å². The predicted octanol–water partition coefficient (Wildman–Crippen LogP) is 9.51. The Balaban J connectivity index is 1.36. The minimum Gasteiger partial charge on any atom is -0.429 e. The molecule has 12 nitrogen and oxygen atoms in total. The van der Waals surface area contributed by atoms with E-state index in [1.807, 2.05) is 0 Å². The van der Waals surface area contributed by atoms with Crippen LogP contribution in [0, 0.1) is 0 Å². The fourth-order valence-electron chi connectivity index (χ4n) is 5.57. The minimum absolute atomic E-state index is 0.00861. The zero-order valence-electron chi connectivity index (χ0n) is 28.4. The van der Waals surface area contributed by atoms with Crippen molar-refractivity contribution < 1.29 is 38.1 Å². The first-order chi connectivity index (χ1) is 26.8. The molecule has 2 heterocycles. The summed E-state index contributed by atoms with van der Waals surface area (Å²) in [7, 11) is 0. The maximum atomic E-state index is 14.4. The lowest BCUT2D eigenvalue weighted by molar-refractivity contribution is 0.0718. The topological polar surface area (TPSA) is 139 Å². The highest BCUT2D eigenvalue weighted by Gasteiger charge is 2.33. The largest absolute Gasteiger partial charge is 0.514 e. The van der Waals surface area contributed by atoms with Crippen molar-refractivity contribution >= 4 is 63.9 Å². The lowest BCUT2D eigenvalue weighted by Crippen LogP contribution is -2.39. The number of fused-ring (bicyclic) bond motifs is 1. The molecule has 0 aliphatic rings. The predicted molar refractivity (Wildman–Crippen MR) is 203 cm³/mol. The third kappa shape index (κ3) is 8.00. The number of anilines is 1. The molecule has 0 radical (unpaired) electrons. The fraction of sp³-hybridized carbons (Fsp3) is 0.0244. The Morgan fingerprint density at radius 3 is 1.87 bits per heavy atom. The van der Waals surface area contributed by atoms with Crippen LogP contribution >= 0.6 is 23.2 Å². The molecule has 272 valence electrons. The number of carbonyl (C=O) groups is 4. The lowest BCUT2D eigenvalue weighted by atomic mass is 10.1. The van der Waals surface area contributed by atoms with Crippen molar-refractivity contribution in [2.75, 3.05) is 4.90 Å². The number of nitrogens with zero attached hydrogens (tertiary/aromatic N) is 4. The number of hydrogen-bond donors (Lipinski definition) is 0. The van der Waals surface area contributed by atoms with Gasteiger partial charge in [-0.05, 0) is 54.6 Å². The molecule has 0 atom stereocenters. The second kappa shape index (κ2) is 16.3. The van der Waals surface area contributed by atoms with Gasteiger partial charge in [-0.15, -0.1) is 0 Å². The monoisotopic (exact) mass is 772 g/mol. The van der Waals surface area contributed by atoms with E-state index in [1.165, 1.54) is 41.4 Å². The van der Waals surface area contributed by atoms with Gasteiger partial charge in [-0.25, -0.2) is 24.3 Å². The molecule has 7 aromatic rings. The molecule has 0 aliphatic carbocycles. The minimum atomic E-state index is -1.09. The number of aromatic nitrogens is 3. The molecule has 14 heteroatoms. The molecule has 55 heavy (non-hydrogen) atoms. The Kier molecular flexibility index (Phi) is 10.8. The average molecular weight is 774 g/mol. The summed E-state index contributed by atoms with van der Waals surface area (Å²) in [6, 6.07) is 34.1. The summed E-state index contributed by atoms with van der Waals surface area (Å²) in [4.78, 5) is 64.4. The van der Waals surface area contributed by atoms with Crippen LogP contribution in [-0.4, -0.2) is 38.7 Å².